The van der Waals surface area contributed by atoms with Gasteiger partial charge in [0, 0.05) is 12.5 Å². The van der Waals surface area contributed by atoms with E-state index >= 15 is 0 Å². The Morgan fingerprint density at radius 3 is 2.74 bits per heavy atom. The average molecular weight is 265 g/mol. The molecule has 1 unspecified atom stereocenters. The molecule has 1 aliphatic rings. The van der Waals surface area contributed by atoms with Crippen LogP contribution in [0.15, 0.2) is 0 Å². The number of nitrogens with zero attached hydrogens (tertiary/aromatic N) is 2. The molecule has 2 rings (SSSR count). The Kier molecular flexibility index (Phi) is 3.56. The first-order valence-electron chi connectivity index (χ1n) is 6.87. The predicted octanol–water partition coefficient (Wildman–Crippen LogP) is 2.57. The van der Waals surface area contributed by atoms with Crippen molar-refractivity contribution in [3.05, 3.63) is 11.5 Å². The lowest BCUT2D eigenvalue weighted by Crippen LogP contribution is -2.24. The Morgan fingerprint density at radius 2 is 2.26 bits per heavy atom. The molecular weight excluding hydrogens is 242 g/mol. The van der Waals surface area contributed by atoms with E-state index < -0.39 is 5.97 Å². The van der Waals surface area contributed by atoms with Crippen molar-refractivity contribution in [1.82, 2.24) is 9.55 Å². The molecule has 19 heavy (non-hydrogen) atoms. The number of hydrogen-bond donors (Lipinski definition) is 1. The number of imidazole rings is 1. The van der Waals surface area contributed by atoms with E-state index in [2.05, 4.69) is 23.4 Å². The molecule has 5 heteroatoms. The van der Waals surface area contributed by atoms with Crippen LogP contribution in [-0.4, -0.2) is 22.6 Å². The van der Waals surface area contributed by atoms with E-state index in [0.29, 0.717) is 11.9 Å². The van der Waals surface area contributed by atoms with Gasteiger partial charge in [-0.15, -0.1) is 0 Å². The average Bonchev–Trinajstić information content (AvgIpc) is 2.87. The van der Waals surface area contributed by atoms with Gasteiger partial charge in [-0.3, -0.25) is 0 Å². The summed E-state index contributed by atoms with van der Waals surface area (Å²) < 4.78 is 6.80. The minimum Gasteiger partial charge on any atom is -0.464 e. The highest BCUT2D eigenvalue weighted by Gasteiger charge is 2.38. The van der Waals surface area contributed by atoms with Crippen LogP contribution < -0.4 is 5.73 Å². The topological polar surface area (TPSA) is 70.1 Å². The number of nitrogens with two attached hydrogens (primary N) is 1. The molecule has 0 aliphatic heterocycles. The summed E-state index contributed by atoms with van der Waals surface area (Å²) in [7, 11) is 1.35. The van der Waals surface area contributed by atoms with Gasteiger partial charge < -0.3 is 15.0 Å². The fraction of sp³-hybridized carbons (Fsp3) is 0.714. The molecule has 0 amide bonds. The second kappa shape index (κ2) is 4.87. The second-order valence-corrected chi connectivity index (χ2v) is 5.87. The molecule has 1 aliphatic carbocycles. The molecule has 1 aromatic heterocycles. The second-order valence-electron chi connectivity index (χ2n) is 5.87. The monoisotopic (exact) mass is 265 g/mol. The number of esters is 1. The molecule has 0 aromatic carbocycles. The maximum atomic E-state index is 11.7. The van der Waals surface area contributed by atoms with Crippen LogP contribution in [0.2, 0.25) is 0 Å². The smallest absolute Gasteiger partial charge is 0.360 e. The number of nitrogen functional groups attached to an aromatic ring is 1. The number of aromatic nitrogens is 2. The molecule has 1 heterocycles. The lowest BCUT2D eigenvalue weighted by molar-refractivity contribution is 0.0595. The number of methoxy groups -OCH3 is 1. The van der Waals surface area contributed by atoms with Crippen LogP contribution in [0.25, 0.3) is 0 Å². The van der Waals surface area contributed by atoms with Crippen LogP contribution in [0, 0.1) is 5.41 Å². The molecule has 0 bridgehead atoms. The molecule has 5 nitrogen and oxygen atoms in total. The van der Waals surface area contributed by atoms with Crippen molar-refractivity contribution in [2.75, 3.05) is 12.8 Å². The molecular formula is C14H23N3O2. The summed E-state index contributed by atoms with van der Waals surface area (Å²) in [5.74, 6) is 0.864. The van der Waals surface area contributed by atoms with Crippen LogP contribution in [-0.2, 0) is 11.2 Å². The zero-order valence-corrected chi connectivity index (χ0v) is 12.2. The summed E-state index contributed by atoms with van der Waals surface area (Å²) in [6.45, 7) is 6.53. The molecule has 106 valence electrons. The summed E-state index contributed by atoms with van der Waals surface area (Å²) in [5.41, 5.74) is 6.60. The van der Waals surface area contributed by atoms with Gasteiger partial charge in [-0.25, -0.2) is 9.78 Å². The Hall–Kier alpha value is -1.52. The fourth-order valence-electron chi connectivity index (χ4n) is 3.12. The van der Waals surface area contributed by atoms with Gasteiger partial charge in [-0.05, 0) is 18.3 Å². The molecule has 1 fully saturated rings. The van der Waals surface area contributed by atoms with Crippen LogP contribution in [0.3, 0.4) is 0 Å². The minimum absolute atomic E-state index is 0.187. The first kappa shape index (κ1) is 13.9. The highest BCUT2D eigenvalue weighted by Crippen LogP contribution is 2.47. The number of carbonyl (C=O) groups is 1. The van der Waals surface area contributed by atoms with E-state index in [1.165, 1.54) is 20.0 Å². The Balaban J connectivity index is 2.50. The number of carbonyl (C=O) groups excluding carboxylic acids is 1. The Labute approximate surface area is 114 Å². The van der Waals surface area contributed by atoms with E-state index in [0.717, 1.165) is 18.7 Å². The van der Waals surface area contributed by atoms with Gasteiger partial charge in [0.2, 0.25) is 0 Å². The van der Waals surface area contributed by atoms with Crippen molar-refractivity contribution < 1.29 is 9.53 Å². The third kappa shape index (κ3) is 2.22. The number of hydrogen-bond acceptors (Lipinski definition) is 4. The maximum Gasteiger partial charge on any atom is 0.360 e. The standard InChI is InChI=1S/C14H23N3O2/c1-5-10-16-11(13(18)19-4)12(15)17(10)9-7-6-8-14(9,2)3/h9H,5-8,15H2,1-4H3. The van der Waals surface area contributed by atoms with E-state index in [4.69, 9.17) is 10.5 Å². The Morgan fingerprint density at radius 1 is 1.58 bits per heavy atom. The number of rotatable bonds is 3. The van der Waals surface area contributed by atoms with E-state index in [-0.39, 0.29) is 11.1 Å². The first-order valence-corrected chi connectivity index (χ1v) is 6.87. The van der Waals surface area contributed by atoms with Crippen molar-refractivity contribution in [2.45, 2.75) is 52.5 Å². The van der Waals surface area contributed by atoms with Crippen molar-refractivity contribution >= 4 is 11.8 Å². The van der Waals surface area contributed by atoms with Gasteiger partial charge in [0.1, 0.15) is 11.6 Å². The minimum atomic E-state index is -0.457. The van der Waals surface area contributed by atoms with Crippen molar-refractivity contribution in [2.24, 2.45) is 5.41 Å². The van der Waals surface area contributed by atoms with Gasteiger partial charge in [0.05, 0.1) is 7.11 Å². The van der Waals surface area contributed by atoms with Crippen molar-refractivity contribution in [1.29, 1.82) is 0 Å². The normalized spacial score (nSPS) is 21.6. The van der Waals surface area contributed by atoms with Crippen LogP contribution in [0.1, 0.15) is 62.4 Å². The lowest BCUT2D eigenvalue weighted by Gasteiger charge is -2.30. The number of anilines is 1. The van der Waals surface area contributed by atoms with Crippen molar-refractivity contribution in [3.63, 3.8) is 0 Å². The van der Waals surface area contributed by atoms with Gasteiger partial charge in [0.25, 0.3) is 0 Å². The lowest BCUT2D eigenvalue weighted by atomic mass is 9.87. The molecule has 0 spiro atoms. The molecule has 1 saturated carbocycles. The van der Waals surface area contributed by atoms with Gasteiger partial charge in [-0.2, -0.15) is 0 Å². The van der Waals surface area contributed by atoms with Crippen LogP contribution in [0.4, 0.5) is 5.82 Å². The highest BCUT2D eigenvalue weighted by atomic mass is 16.5. The molecule has 0 saturated heterocycles. The predicted molar refractivity (Wildman–Crippen MR) is 74.0 cm³/mol. The third-order valence-electron chi connectivity index (χ3n) is 4.23. The molecule has 1 atom stereocenters. The van der Waals surface area contributed by atoms with E-state index in [1.807, 2.05) is 6.92 Å². The fourth-order valence-corrected chi connectivity index (χ4v) is 3.12. The SMILES string of the molecule is CCc1nc(C(=O)OC)c(N)n1C1CCCC1(C)C. The van der Waals surface area contributed by atoms with E-state index in [1.54, 1.807) is 0 Å². The Bertz CT molecular complexity index is 491. The van der Waals surface area contributed by atoms with Crippen LogP contribution in [0.5, 0.6) is 0 Å². The summed E-state index contributed by atoms with van der Waals surface area (Å²) in [6, 6.07) is 0.313. The summed E-state index contributed by atoms with van der Waals surface area (Å²) in [5, 5.41) is 0. The number of aryl methyl sites for hydroxylation is 1. The van der Waals surface area contributed by atoms with Crippen molar-refractivity contribution in [3.8, 4) is 0 Å². The van der Waals surface area contributed by atoms with Gasteiger partial charge in [0.15, 0.2) is 5.69 Å². The summed E-state index contributed by atoms with van der Waals surface area (Å²) in [4.78, 5) is 16.1. The highest BCUT2D eigenvalue weighted by molar-refractivity contribution is 5.92. The molecule has 0 radical (unpaired) electrons. The summed E-state index contributed by atoms with van der Waals surface area (Å²) >= 11 is 0. The summed E-state index contributed by atoms with van der Waals surface area (Å²) in [6.07, 6.45) is 4.20. The third-order valence-corrected chi connectivity index (χ3v) is 4.23. The van der Waals surface area contributed by atoms with E-state index in [9.17, 15) is 4.79 Å². The quantitative estimate of drug-likeness (QED) is 0.853. The molecule has 1 aromatic rings. The van der Waals surface area contributed by atoms with Crippen LogP contribution >= 0.6 is 0 Å². The van der Waals surface area contributed by atoms with Gasteiger partial charge in [-0.1, -0.05) is 27.2 Å². The first-order chi connectivity index (χ1) is 8.92. The largest absolute Gasteiger partial charge is 0.464 e. The zero-order chi connectivity index (χ0) is 14.2. The zero-order valence-electron chi connectivity index (χ0n) is 12.2. The maximum absolute atomic E-state index is 11.7. The van der Waals surface area contributed by atoms with Gasteiger partial charge >= 0.3 is 5.97 Å². The molecule has 2 N–H and O–H groups in total. The number of ether oxygens (including phenoxy) is 1.